The van der Waals surface area contributed by atoms with Crippen molar-refractivity contribution in [1.82, 2.24) is 40.4 Å². The van der Waals surface area contributed by atoms with Crippen LogP contribution in [0.5, 0.6) is 0 Å². The van der Waals surface area contributed by atoms with Crippen molar-refractivity contribution in [3.05, 3.63) is 119 Å². The molecule has 0 saturated carbocycles. The molecule has 3 aliphatic heterocycles. The van der Waals surface area contributed by atoms with Crippen LogP contribution in [0.25, 0.3) is 44.5 Å². The predicted molar refractivity (Wildman–Crippen MR) is 244 cm³/mol. The number of H-pyrrole nitrogens is 2. The van der Waals surface area contributed by atoms with Gasteiger partial charge < -0.3 is 49.3 Å². The number of imidazole rings is 2. The number of amides is 4. The lowest BCUT2D eigenvalue weighted by Crippen LogP contribution is -2.52. The minimum Gasteiger partial charge on any atom is -0.453 e. The zero-order valence-electron chi connectivity index (χ0n) is 37.8. The highest BCUT2D eigenvalue weighted by Gasteiger charge is 2.53. The summed E-state index contributed by atoms with van der Waals surface area (Å²) in [5.74, 6) is -4.29. The van der Waals surface area contributed by atoms with E-state index in [4.69, 9.17) is 23.9 Å². The molecule has 4 aromatic carbocycles. The highest BCUT2D eigenvalue weighted by atomic mass is 19.3. The molecule has 0 radical (unpaired) electrons. The average molecular weight is 929 g/mol. The second-order valence-electron chi connectivity index (χ2n) is 18.0. The number of alkyl halides is 2. The van der Waals surface area contributed by atoms with Crippen LogP contribution in [0.1, 0.15) is 79.6 Å². The number of carbonyl (C=O) groups is 4. The molecule has 0 unspecified atom stereocenters. The molecule has 3 saturated heterocycles. The maximum atomic E-state index is 16.7. The van der Waals surface area contributed by atoms with Crippen molar-refractivity contribution in [1.29, 1.82) is 0 Å². The Bertz CT molecular complexity index is 2930. The lowest BCUT2D eigenvalue weighted by molar-refractivity contribution is -0.153. The number of ether oxygens (including phenoxy) is 4. The number of nitrogens with one attached hydrogen (secondary N) is 4. The summed E-state index contributed by atoms with van der Waals surface area (Å²) in [4.78, 5) is 72.2. The van der Waals surface area contributed by atoms with E-state index >= 15 is 8.78 Å². The van der Waals surface area contributed by atoms with Gasteiger partial charge in [0.1, 0.15) is 23.7 Å². The van der Waals surface area contributed by atoms with Crippen molar-refractivity contribution in [3.8, 4) is 33.5 Å². The van der Waals surface area contributed by atoms with Gasteiger partial charge in [0.25, 0.3) is 11.8 Å². The molecule has 0 bridgehead atoms. The van der Waals surface area contributed by atoms with Crippen molar-refractivity contribution in [3.63, 3.8) is 0 Å². The smallest absolute Gasteiger partial charge is 0.407 e. The Hall–Kier alpha value is -7.18. The van der Waals surface area contributed by atoms with Crippen LogP contribution in [0, 0.1) is 5.92 Å². The second kappa shape index (κ2) is 17.5. The van der Waals surface area contributed by atoms with Gasteiger partial charge in [-0.1, -0.05) is 74.5 Å². The second-order valence-corrected chi connectivity index (χ2v) is 18.0. The van der Waals surface area contributed by atoms with Crippen LogP contribution in [0.15, 0.2) is 91.1 Å². The average Bonchev–Trinajstić information content (AvgIpc) is 4.23. The summed E-state index contributed by atoms with van der Waals surface area (Å²) >= 11 is 0. The minimum atomic E-state index is -3.33. The Labute approximate surface area is 389 Å². The Morgan fingerprint density at radius 2 is 1.44 bits per heavy atom. The van der Waals surface area contributed by atoms with E-state index in [9.17, 15) is 19.2 Å². The molecule has 4 atom stereocenters. The van der Waals surface area contributed by atoms with Gasteiger partial charge in [0.2, 0.25) is 5.91 Å². The van der Waals surface area contributed by atoms with Crippen LogP contribution in [-0.2, 0) is 34.5 Å². The number of benzene rings is 4. The molecule has 5 heterocycles. The van der Waals surface area contributed by atoms with E-state index in [1.165, 1.54) is 26.4 Å². The van der Waals surface area contributed by atoms with E-state index in [0.29, 0.717) is 87.9 Å². The molecule has 1 spiro atoms. The summed E-state index contributed by atoms with van der Waals surface area (Å²) in [6, 6.07) is 21.7. The van der Waals surface area contributed by atoms with E-state index < -0.39 is 42.0 Å². The van der Waals surface area contributed by atoms with Crippen LogP contribution >= 0.6 is 0 Å². The van der Waals surface area contributed by atoms with Gasteiger partial charge in [-0.15, -0.1) is 0 Å². The first kappa shape index (κ1) is 44.6. The van der Waals surface area contributed by atoms with Crippen molar-refractivity contribution in [2.75, 3.05) is 40.5 Å². The van der Waals surface area contributed by atoms with E-state index in [0.717, 1.165) is 6.42 Å². The quantitative estimate of drug-likeness (QED) is 0.105. The largest absolute Gasteiger partial charge is 0.453 e. The number of aromatic amines is 2. The normalized spacial score (nSPS) is 19.8. The highest BCUT2D eigenvalue weighted by molar-refractivity contribution is 5.89. The molecule has 2 aromatic heterocycles. The summed E-state index contributed by atoms with van der Waals surface area (Å²) in [6.07, 6.45) is 1.78. The molecule has 3 fully saturated rings. The molecular weight excluding hydrogens is 879 g/mol. The monoisotopic (exact) mass is 928 g/mol. The van der Waals surface area contributed by atoms with Crippen molar-refractivity contribution in [2.24, 2.45) is 5.92 Å². The zero-order valence-corrected chi connectivity index (χ0v) is 37.8. The van der Waals surface area contributed by atoms with E-state index in [2.05, 4.69) is 25.6 Å². The van der Waals surface area contributed by atoms with Gasteiger partial charge in [-0.25, -0.2) is 19.6 Å². The molecule has 1 aliphatic carbocycles. The Kier molecular flexibility index (Phi) is 11.5. The van der Waals surface area contributed by atoms with Crippen LogP contribution in [-0.4, -0.2) is 106 Å². The van der Waals surface area contributed by atoms with Crippen molar-refractivity contribution >= 4 is 35.0 Å². The summed E-state index contributed by atoms with van der Waals surface area (Å²) < 4.78 is 55.1. The number of halogens is 2. The number of nitrogens with zero attached hydrogens (tertiary/aromatic N) is 4. The highest BCUT2D eigenvalue weighted by Crippen LogP contribution is 2.53. The number of hydrogen-bond donors (Lipinski definition) is 4. The van der Waals surface area contributed by atoms with Crippen LogP contribution in [0.3, 0.4) is 0 Å². The molecule has 16 nitrogen and oxygen atoms in total. The van der Waals surface area contributed by atoms with Gasteiger partial charge in [-0.2, -0.15) is 8.78 Å². The Balaban J connectivity index is 0.890. The fourth-order valence-corrected chi connectivity index (χ4v) is 10.1. The predicted octanol–water partition coefficient (Wildman–Crippen LogP) is 7.90. The van der Waals surface area contributed by atoms with Crippen LogP contribution in [0.4, 0.5) is 18.4 Å². The van der Waals surface area contributed by atoms with Gasteiger partial charge in [-0.05, 0) is 70.8 Å². The first-order valence-electron chi connectivity index (χ1n) is 22.6. The summed E-state index contributed by atoms with van der Waals surface area (Å²) in [6.45, 7) is 4.94. The van der Waals surface area contributed by atoms with Crippen molar-refractivity contribution < 1.29 is 46.9 Å². The molecule has 18 heteroatoms. The third-order valence-corrected chi connectivity index (χ3v) is 13.5. The molecule has 10 rings (SSSR count). The molecule has 4 N–H and O–H groups in total. The third kappa shape index (κ3) is 7.90. The molecule has 4 amide bonds. The third-order valence-electron chi connectivity index (χ3n) is 13.5. The van der Waals surface area contributed by atoms with Crippen LogP contribution < -0.4 is 10.6 Å². The lowest BCUT2D eigenvalue weighted by Gasteiger charge is -2.30. The SMILES string of the molecule is COC(=O)N[C@H](C(=O)N1CC2(C[C@@H]1c1ncc(-c3ccc4c(c3)C(F)(F)c3cc(-c5ccc6nc([C@@H]7CCCN7C(=O)[C@H](NC(=O)OC)c7ccccc7)[nH]c6c5)ccc3-4)[nH]1)OCCO2)C(C)C. The maximum Gasteiger partial charge on any atom is 0.407 e. The summed E-state index contributed by atoms with van der Waals surface area (Å²) in [5.41, 5.74) is 4.82. The van der Waals surface area contributed by atoms with Gasteiger partial charge in [0.15, 0.2) is 5.79 Å². The van der Waals surface area contributed by atoms with Gasteiger partial charge in [0, 0.05) is 29.7 Å². The molecule has 68 heavy (non-hydrogen) atoms. The van der Waals surface area contributed by atoms with E-state index in [1.54, 1.807) is 58.5 Å². The Morgan fingerprint density at radius 1 is 0.779 bits per heavy atom. The molecule has 6 aromatic rings. The van der Waals surface area contributed by atoms with Gasteiger partial charge in [-0.3, -0.25) is 9.59 Å². The molecule has 352 valence electrons. The Morgan fingerprint density at radius 3 is 2.15 bits per heavy atom. The number of rotatable bonds is 10. The molecular formula is C50H50F2N8O8. The summed E-state index contributed by atoms with van der Waals surface area (Å²) in [5, 5.41) is 5.33. The molecule has 4 aliphatic rings. The maximum absolute atomic E-state index is 16.7. The van der Waals surface area contributed by atoms with E-state index in [1.807, 2.05) is 44.2 Å². The number of fused-ring (bicyclic) bond motifs is 4. The minimum absolute atomic E-state index is 0.108. The number of carbonyl (C=O) groups excluding carboxylic acids is 4. The standard InChI is InChI=1S/C50H50F2N8O8/c1-27(2)41(57-47(63)65-3)45(61)60-26-49(67-19-20-68-49)24-40(60)43-53-25-38(56-43)31-13-16-33-32-15-12-29(21-34(32)50(51,52)35(33)22-31)30-14-17-36-37(23-30)55-44(54-36)39-11-8-18-59(39)46(62)42(58-48(64)66-4)28-9-6-5-7-10-28/h5-7,9-10,12-17,21-23,25,27,39-42H,8,11,18-20,24,26H2,1-4H3,(H,53,56)(H,54,55)(H,57,63)(H,58,64)/t39-,40+,41-,42+/m0/s1. The van der Waals surface area contributed by atoms with Crippen molar-refractivity contribution in [2.45, 2.75) is 69.0 Å². The number of likely N-dealkylation sites (tertiary alicyclic amines) is 2. The van der Waals surface area contributed by atoms with Gasteiger partial charge >= 0.3 is 12.2 Å². The fraction of sp³-hybridized carbons (Fsp3) is 0.360. The fourth-order valence-electron chi connectivity index (χ4n) is 10.1. The topological polar surface area (TPSA) is 193 Å². The number of hydrogen-bond acceptors (Lipinski definition) is 10. The number of aromatic nitrogens is 4. The summed E-state index contributed by atoms with van der Waals surface area (Å²) in [7, 11) is 2.48. The first-order valence-corrected chi connectivity index (χ1v) is 22.6. The van der Waals surface area contributed by atoms with Crippen LogP contribution in [0.2, 0.25) is 0 Å². The number of alkyl carbamates (subject to hydrolysis) is 2. The van der Waals surface area contributed by atoms with Gasteiger partial charge in [0.05, 0.1) is 69.0 Å². The van der Waals surface area contributed by atoms with E-state index in [-0.39, 0.29) is 47.9 Å². The lowest BCUT2D eigenvalue weighted by atomic mass is 9.98. The first-order chi connectivity index (χ1) is 32.8. The zero-order chi connectivity index (χ0) is 47.5. The number of methoxy groups -OCH3 is 2.